The van der Waals surface area contributed by atoms with E-state index >= 15 is 0 Å². The van der Waals surface area contributed by atoms with E-state index in [4.69, 9.17) is 33.2 Å². The highest BCUT2D eigenvalue weighted by Crippen LogP contribution is 2.50. The number of carbonyl (C=O) groups is 2. The van der Waals surface area contributed by atoms with Crippen molar-refractivity contribution in [3.05, 3.63) is 53.6 Å². The van der Waals surface area contributed by atoms with Crippen molar-refractivity contribution in [3.8, 4) is 17.2 Å². The molecule has 3 rings (SSSR count). The normalized spacial score (nSPS) is 17.2. The van der Waals surface area contributed by atoms with E-state index in [1.807, 2.05) is 42.5 Å². The molecule has 1 aliphatic rings. The van der Waals surface area contributed by atoms with Gasteiger partial charge in [0.05, 0.1) is 19.8 Å². The number of carbonyl (C=O) groups excluding carboxylic acids is 2. The highest BCUT2D eigenvalue weighted by Gasteiger charge is 2.56. The van der Waals surface area contributed by atoms with Crippen LogP contribution in [0.3, 0.4) is 0 Å². The van der Waals surface area contributed by atoms with Gasteiger partial charge in [0, 0.05) is 38.0 Å². The highest BCUT2D eigenvalue weighted by molar-refractivity contribution is 7.99. The fourth-order valence-electron chi connectivity index (χ4n) is 6.83. The Kier molecular flexibility index (Phi) is 18.3. The summed E-state index contributed by atoms with van der Waals surface area (Å²) in [6, 6.07) is 13.6. The number of alkyl halides is 5. The lowest BCUT2D eigenvalue weighted by atomic mass is 9.66. The van der Waals surface area contributed by atoms with Gasteiger partial charge in [-0.2, -0.15) is 33.7 Å². The zero-order valence-electron chi connectivity index (χ0n) is 32.4. The molecular formula is C40H55F5O9S. The maximum absolute atomic E-state index is 13.6. The van der Waals surface area contributed by atoms with E-state index < -0.39 is 41.3 Å². The summed E-state index contributed by atoms with van der Waals surface area (Å²) >= 11 is 1.26. The number of unbranched alkanes of at least 4 members (excludes halogenated alkanes) is 2. The van der Waals surface area contributed by atoms with Gasteiger partial charge in [0.1, 0.15) is 17.2 Å². The summed E-state index contributed by atoms with van der Waals surface area (Å²) < 4.78 is 102. The van der Waals surface area contributed by atoms with Crippen molar-refractivity contribution in [2.45, 2.75) is 102 Å². The second kappa shape index (κ2) is 21.9. The van der Waals surface area contributed by atoms with E-state index in [1.54, 1.807) is 28.1 Å². The zero-order valence-corrected chi connectivity index (χ0v) is 33.2. The third-order valence-electron chi connectivity index (χ3n) is 9.87. The van der Waals surface area contributed by atoms with Crippen LogP contribution in [-0.2, 0) is 34.0 Å². The predicted molar refractivity (Wildman–Crippen MR) is 199 cm³/mol. The fraction of sp³-hybridized carbons (Fsp3) is 0.650. The first-order chi connectivity index (χ1) is 26.2. The van der Waals surface area contributed by atoms with Gasteiger partial charge in [0.2, 0.25) is 0 Å². The molecule has 55 heavy (non-hydrogen) atoms. The number of rotatable bonds is 25. The summed E-state index contributed by atoms with van der Waals surface area (Å²) in [5.41, 5.74) is 0.0434. The lowest BCUT2D eigenvalue weighted by molar-refractivity contribution is -0.284. The van der Waals surface area contributed by atoms with Crippen LogP contribution in [0.1, 0.15) is 95.6 Å². The van der Waals surface area contributed by atoms with Crippen LogP contribution in [0.25, 0.3) is 0 Å². The molecule has 2 aromatic carbocycles. The van der Waals surface area contributed by atoms with Crippen LogP contribution in [0.2, 0.25) is 0 Å². The third kappa shape index (κ3) is 12.6. The molecule has 15 heteroatoms. The van der Waals surface area contributed by atoms with E-state index in [9.17, 15) is 31.5 Å². The molecular weight excluding hydrogens is 751 g/mol. The molecule has 0 aromatic heterocycles. The molecule has 0 bridgehead atoms. The molecule has 0 N–H and O–H groups in total. The molecule has 1 aliphatic heterocycles. The number of methoxy groups -OCH3 is 2. The van der Waals surface area contributed by atoms with Crippen LogP contribution in [0.4, 0.5) is 22.0 Å². The van der Waals surface area contributed by atoms with Crippen molar-refractivity contribution >= 4 is 23.7 Å². The van der Waals surface area contributed by atoms with Gasteiger partial charge in [-0.1, -0.05) is 44.4 Å². The van der Waals surface area contributed by atoms with Crippen molar-refractivity contribution in [2.24, 2.45) is 5.41 Å². The third-order valence-corrected chi connectivity index (χ3v) is 11.0. The van der Waals surface area contributed by atoms with Gasteiger partial charge < -0.3 is 33.2 Å². The first kappa shape index (κ1) is 46.1. The van der Waals surface area contributed by atoms with Crippen LogP contribution < -0.4 is 14.2 Å². The quantitative estimate of drug-likeness (QED) is 0.0317. The summed E-state index contributed by atoms with van der Waals surface area (Å²) in [5.74, 6) is -3.47. The van der Waals surface area contributed by atoms with E-state index in [-0.39, 0.29) is 57.7 Å². The summed E-state index contributed by atoms with van der Waals surface area (Å²) in [6.07, 6.45) is -4.00. The Morgan fingerprint density at radius 3 is 1.93 bits per heavy atom. The Hall–Kier alpha value is -3.30. The minimum absolute atomic E-state index is 0.0221. The summed E-state index contributed by atoms with van der Waals surface area (Å²) in [4.78, 5) is 27.1. The van der Waals surface area contributed by atoms with Crippen LogP contribution in [0, 0.1) is 5.41 Å². The fourth-order valence-corrected chi connectivity index (χ4v) is 7.80. The molecule has 0 fully saturated rings. The summed E-state index contributed by atoms with van der Waals surface area (Å²) in [5, 5.41) is 0. The van der Waals surface area contributed by atoms with E-state index in [0.717, 1.165) is 11.1 Å². The molecule has 2 aromatic rings. The molecule has 1 heterocycles. The Balaban J connectivity index is 1.76. The van der Waals surface area contributed by atoms with Crippen molar-refractivity contribution in [3.63, 3.8) is 0 Å². The second-order valence-electron chi connectivity index (χ2n) is 13.7. The molecule has 0 saturated carbocycles. The first-order valence-corrected chi connectivity index (χ1v) is 19.8. The Labute approximate surface area is 325 Å². The molecule has 0 amide bonds. The van der Waals surface area contributed by atoms with Gasteiger partial charge in [-0.3, -0.25) is 9.59 Å². The van der Waals surface area contributed by atoms with Crippen molar-refractivity contribution < 1.29 is 64.7 Å². The van der Waals surface area contributed by atoms with Crippen LogP contribution >= 0.6 is 11.8 Å². The van der Waals surface area contributed by atoms with E-state index in [0.29, 0.717) is 61.7 Å². The minimum Gasteiger partial charge on any atom is -0.492 e. The van der Waals surface area contributed by atoms with Crippen LogP contribution in [-0.4, -0.2) is 83.2 Å². The number of halogens is 5. The van der Waals surface area contributed by atoms with Crippen LogP contribution in [0.5, 0.6) is 17.2 Å². The van der Waals surface area contributed by atoms with Gasteiger partial charge in [-0.15, -0.1) is 0 Å². The monoisotopic (exact) mass is 806 g/mol. The number of benzene rings is 2. The number of esters is 2. The second-order valence-corrected chi connectivity index (χ2v) is 15.0. The standard InChI is InChI=1S/C40H55F5O9S/c1-6-50-35(46)38(36(47)51-7-2,21-10-11-23-55-24-12-22-39(41,42)40(43,44)45)20-9-8-13-33-32-19-18-31(54-28-49-5)25-34(32)52-26-37(33,3)29-14-16-30(17-15-29)53-27-48-4/h14-19,25,33H,6-13,20-24,26-28H2,1-5H3/t33-,37-/m1/s1. The molecule has 2 atom stereocenters. The first-order valence-electron chi connectivity index (χ1n) is 18.7. The SMILES string of the molecule is CCOC(=O)C(CCCCSCCCC(F)(F)C(F)(F)F)(CCCC[C@@H]1c2ccc(OCOC)cc2OC[C@]1(C)c1ccc(OCOC)cc1)C(=O)OCC. The average Bonchev–Trinajstić information content (AvgIpc) is 3.15. The number of fused-ring (bicyclic) bond motifs is 1. The lowest BCUT2D eigenvalue weighted by Gasteiger charge is -2.43. The molecule has 9 nitrogen and oxygen atoms in total. The van der Waals surface area contributed by atoms with Gasteiger partial charge in [-0.25, -0.2) is 0 Å². The Bertz CT molecular complexity index is 1460. The molecule has 0 saturated heterocycles. The maximum Gasteiger partial charge on any atom is 0.453 e. The number of thioether (sulfide) groups is 1. The van der Waals surface area contributed by atoms with Gasteiger partial charge in [-0.05, 0) is 86.8 Å². The highest BCUT2D eigenvalue weighted by atomic mass is 32.2. The van der Waals surface area contributed by atoms with Crippen molar-refractivity contribution in [1.29, 1.82) is 0 Å². The smallest absolute Gasteiger partial charge is 0.453 e. The van der Waals surface area contributed by atoms with Crippen molar-refractivity contribution in [1.82, 2.24) is 0 Å². The molecule has 0 spiro atoms. The Morgan fingerprint density at radius 1 is 0.782 bits per heavy atom. The average molecular weight is 807 g/mol. The van der Waals surface area contributed by atoms with E-state index in [2.05, 4.69) is 6.92 Å². The molecule has 0 aliphatic carbocycles. The zero-order chi connectivity index (χ0) is 40.5. The summed E-state index contributed by atoms with van der Waals surface area (Å²) in [6.45, 7) is 6.22. The van der Waals surface area contributed by atoms with Crippen LogP contribution in [0.15, 0.2) is 42.5 Å². The number of hydrogen-bond acceptors (Lipinski definition) is 10. The van der Waals surface area contributed by atoms with Crippen molar-refractivity contribution in [2.75, 3.05) is 59.1 Å². The van der Waals surface area contributed by atoms with Gasteiger partial charge in [0.15, 0.2) is 19.0 Å². The van der Waals surface area contributed by atoms with Gasteiger partial charge >= 0.3 is 24.0 Å². The maximum atomic E-state index is 13.6. The molecule has 0 unspecified atom stereocenters. The Morgan fingerprint density at radius 2 is 1.35 bits per heavy atom. The molecule has 310 valence electrons. The van der Waals surface area contributed by atoms with E-state index in [1.165, 1.54) is 11.8 Å². The largest absolute Gasteiger partial charge is 0.492 e. The lowest BCUT2D eigenvalue weighted by Crippen LogP contribution is -2.42. The summed E-state index contributed by atoms with van der Waals surface area (Å²) in [7, 11) is 3.10. The topological polar surface area (TPSA) is 98.8 Å². The molecule has 0 radical (unpaired) electrons. The minimum atomic E-state index is -5.56. The number of ether oxygens (including phenoxy) is 7. The predicted octanol–water partition coefficient (Wildman–Crippen LogP) is 9.64. The van der Waals surface area contributed by atoms with Gasteiger partial charge in [0.25, 0.3) is 0 Å². The number of hydrogen-bond donors (Lipinski definition) is 0.